The normalized spacial score (nSPS) is 10.4. The molecule has 0 N–H and O–H groups in total. The van der Waals surface area contributed by atoms with Crippen LogP contribution in [0.15, 0.2) is 39.5 Å². The van der Waals surface area contributed by atoms with E-state index in [0.717, 1.165) is 11.6 Å². The van der Waals surface area contributed by atoms with Crippen molar-refractivity contribution in [1.29, 1.82) is 0 Å². The number of nitrogens with zero attached hydrogens (tertiary/aromatic N) is 3. The molecule has 0 atom stereocenters. The van der Waals surface area contributed by atoms with Crippen LogP contribution in [0, 0.1) is 10.1 Å². The average Bonchev–Trinajstić information content (AvgIpc) is 3.30. The molecule has 0 fully saturated rings. The molecule has 3 rings (SSSR count). The predicted octanol–water partition coefficient (Wildman–Crippen LogP) is 3.07. The van der Waals surface area contributed by atoms with Crippen LogP contribution in [0.1, 0.15) is 16.2 Å². The maximum Gasteiger partial charge on any atom is 0.338 e. The van der Waals surface area contributed by atoms with Gasteiger partial charge in [-0.25, -0.2) is 4.79 Å². The Kier molecular flexibility index (Phi) is 4.70. The van der Waals surface area contributed by atoms with E-state index in [1.165, 1.54) is 30.6 Å². The first-order valence-electron chi connectivity index (χ1n) is 6.93. The first kappa shape index (κ1) is 16.6. The molecule has 0 spiro atoms. The standard InChI is InChI=1S/C15H11N3O6S/c1-22-12-3-2-9(6-11(12)18(20)21)15(19)23-7-13-16-14(24-17-13)10-4-5-25-8-10/h2-6,8H,7H2,1H3. The molecular formula is C15H11N3O6S. The van der Waals surface area contributed by atoms with Crippen molar-refractivity contribution in [3.63, 3.8) is 0 Å². The summed E-state index contributed by atoms with van der Waals surface area (Å²) in [6.45, 7) is -0.216. The topological polar surface area (TPSA) is 118 Å². The fourth-order valence-electron chi connectivity index (χ4n) is 1.99. The van der Waals surface area contributed by atoms with Crippen LogP contribution in [0.2, 0.25) is 0 Å². The molecule has 0 saturated heterocycles. The van der Waals surface area contributed by atoms with Gasteiger partial charge in [0, 0.05) is 11.4 Å². The lowest BCUT2D eigenvalue weighted by Gasteiger charge is -2.04. The van der Waals surface area contributed by atoms with Crippen LogP contribution >= 0.6 is 11.3 Å². The number of carbonyl (C=O) groups excluding carboxylic acids is 1. The Balaban J connectivity index is 1.69. The molecule has 0 unspecified atom stereocenters. The van der Waals surface area contributed by atoms with Crippen LogP contribution in [0.5, 0.6) is 5.75 Å². The monoisotopic (exact) mass is 361 g/mol. The zero-order valence-electron chi connectivity index (χ0n) is 12.9. The molecule has 1 aromatic carbocycles. The summed E-state index contributed by atoms with van der Waals surface area (Å²) in [5.74, 6) is -0.169. The highest BCUT2D eigenvalue weighted by Gasteiger charge is 2.19. The van der Waals surface area contributed by atoms with Gasteiger partial charge >= 0.3 is 11.7 Å². The van der Waals surface area contributed by atoms with Crippen LogP contribution in [0.4, 0.5) is 5.69 Å². The highest BCUT2D eigenvalue weighted by molar-refractivity contribution is 7.08. The lowest BCUT2D eigenvalue weighted by atomic mass is 10.2. The Bertz CT molecular complexity index is 906. The summed E-state index contributed by atoms with van der Waals surface area (Å²) in [5.41, 5.74) is 0.478. The number of aromatic nitrogens is 2. The number of ether oxygens (including phenoxy) is 2. The highest BCUT2D eigenvalue weighted by Crippen LogP contribution is 2.28. The fraction of sp³-hybridized carbons (Fsp3) is 0.133. The third-order valence-electron chi connectivity index (χ3n) is 3.18. The summed E-state index contributed by atoms with van der Waals surface area (Å²) in [4.78, 5) is 26.5. The van der Waals surface area contributed by atoms with Crippen molar-refractivity contribution < 1.29 is 23.7 Å². The molecule has 3 aromatic rings. The molecule has 128 valence electrons. The molecule has 2 heterocycles. The van der Waals surface area contributed by atoms with Crippen molar-refractivity contribution in [2.45, 2.75) is 6.61 Å². The highest BCUT2D eigenvalue weighted by atomic mass is 32.1. The second kappa shape index (κ2) is 7.09. The van der Waals surface area contributed by atoms with E-state index in [1.54, 1.807) is 0 Å². The van der Waals surface area contributed by atoms with E-state index in [9.17, 15) is 14.9 Å². The van der Waals surface area contributed by atoms with Crippen molar-refractivity contribution >= 4 is 23.0 Å². The first-order chi connectivity index (χ1) is 12.1. The second-order valence-corrected chi connectivity index (χ2v) is 5.53. The minimum atomic E-state index is -0.743. The second-order valence-electron chi connectivity index (χ2n) is 4.75. The number of nitro benzene ring substituents is 1. The lowest BCUT2D eigenvalue weighted by molar-refractivity contribution is -0.385. The van der Waals surface area contributed by atoms with Crippen LogP contribution in [0.3, 0.4) is 0 Å². The summed E-state index contributed by atoms with van der Waals surface area (Å²) >= 11 is 1.49. The van der Waals surface area contributed by atoms with E-state index < -0.39 is 10.9 Å². The quantitative estimate of drug-likeness (QED) is 0.373. The number of esters is 1. The number of hydrogen-bond donors (Lipinski definition) is 0. The zero-order chi connectivity index (χ0) is 17.8. The Hall–Kier alpha value is -3.27. The van der Waals surface area contributed by atoms with Crippen LogP contribution < -0.4 is 4.74 Å². The molecule has 0 aliphatic carbocycles. The summed E-state index contributed by atoms with van der Waals surface area (Å²) in [6.07, 6.45) is 0. The lowest BCUT2D eigenvalue weighted by Crippen LogP contribution is -2.07. The molecule has 0 aliphatic rings. The van der Waals surface area contributed by atoms with Gasteiger partial charge < -0.3 is 14.0 Å². The van der Waals surface area contributed by atoms with Crippen LogP contribution in [0.25, 0.3) is 11.5 Å². The SMILES string of the molecule is COc1ccc(C(=O)OCc2noc(-c3ccsc3)n2)cc1[N+](=O)[O-]. The average molecular weight is 361 g/mol. The molecule has 25 heavy (non-hydrogen) atoms. The summed E-state index contributed by atoms with van der Waals surface area (Å²) < 4.78 is 15.0. The minimum absolute atomic E-state index is 0.0223. The summed E-state index contributed by atoms with van der Waals surface area (Å²) in [6, 6.07) is 5.62. The molecule has 9 nitrogen and oxygen atoms in total. The van der Waals surface area contributed by atoms with Crippen molar-refractivity contribution in [1.82, 2.24) is 10.1 Å². The van der Waals surface area contributed by atoms with E-state index >= 15 is 0 Å². The Labute approximate surface area is 145 Å². The van der Waals surface area contributed by atoms with Gasteiger partial charge in [0.2, 0.25) is 5.82 Å². The molecule has 10 heteroatoms. The van der Waals surface area contributed by atoms with Gasteiger partial charge in [-0.2, -0.15) is 16.3 Å². The molecular weight excluding hydrogens is 350 g/mol. The van der Waals surface area contributed by atoms with Gasteiger partial charge in [0.15, 0.2) is 12.4 Å². The molecule has 0 aliphatic heterocycles. The van der Waals surface area contributed by atoms with E-state index in [-0.39, 0.29) is 29.4 Å². The van der Waals surface area contributed by atoms with Gasteiger partial charge in [-0.15, -0.1) is 0 Å². The number of methoxy groups -OCH3 is 1. The van der Waals surface area contributed by atoms with Gasteiger partial charge in [0.25, 0.3) is 5.89 Å². The predicted molar refractivity (Wildman–Crippen MR) is 86.4 cm³/mol. The van der Waals surface area contributed by atoms with Crippen molar-refractivity contribution in [2.75, 3.05) is 7.11 Å². The van der Waals surface area contributed by atoms with Gasteiger partial charge in [-0.1, -0.05) is 5.16 Å². The van der Waals surface area contributed by atoms with E-state index in [2.05, 4.69) is 10.1 Å². The van der Waals surface area contributed by atoms with Gasteiger partial charge in [0.1, 0.15) is 0 Å². The number of benzene rings is 1. The molecule has 0 radical (unpaired) electrons. The van der Waals surface area contributed by atoms with Crippen LogP contribution in [-0.4, -0.2) is 28.1 Å². The van der Waals surface area contributed by atoms with Crippen molar-refractivity contribution in [2.24, 2.45) is 0 Å². The Morgan fingerprint density at radius 1 is 1.40 bits per heavy atom. The third-order valence-corrected chi connectivity index (χ3v) is 3.86. The Morgan fingerprint density at radius 3 is 2.92 bits per heavy atom. The van der Waals surface area contributed by atoms with Crippen molar-refractivity contribution in [3.8, 4) is 17.2 Å². The molecule has 0 amide bonds. The molecule has 0 bridgehead atoms. The van der Waals surface area contributed by atoms with Crippen molar-refractivity contribution in [3.05, 3.63) is 56.5 Å². The Morgan fingerprint density at radius 2 is 2.24 bits per heavy atom. The van der Waals surface area contributed by atoms with Crippen LogP contribution in [-0.2, 0) is 11.3 Å². The van der Waals surface area contributed by atoms with E-state index in [4.69, 9.17) is 14.0 Å². The first-order valence-corrected chi connectivity index (χ1v) is 7.87. The third kappa shape index (κ3) is 3.63. The maximum absolute atomic E-state index is 12.1. The molecule has 0 saturated carbocycles. The maximum atomic E-state index is 12.1. The minimum Gasteiger partial charge on any atom is -0.490 e. The number of carbonyl (C=O) groups is 1. The van der Waals surface area contributed by atoms with E-state index in [1.807, 2.05) is 16.8 Å². The van der Waals surface area contributed by atoms with Gasteiger partial charge in [-0.3, -0.25) is 10.1 Å². The smallest absolute Gasteiger partial charge is 0.338 e. The largest absolute Gasteiger partial charge is 0.490 e. The number of hydrogen-bond acceptors (Lipinski definition) is 9. The number of rotatable bonds is 6. The molecule has 2 aromatic heterocycles. The van der Waals surface area contributed by atoms with Gasteiger partial charge in [-0.05, 0) is 23.6 Å². The number of thiophene rings is 1. The van der Waals surface area contributed by atoms with Gasteiger partial charge in [0.05, 0.1) is 23.2 Å². The zero-order valence-corrected chi connectivity index (χ0v) is 13.7. The number of nitro groups is 1. The summed E-state index contributed by atoms with van der Waals surface area (Å²) in [5, 5.41) is 18.4. The summed E-state index contributed by atoms with van der Waals surface area (Å²) in [7, 11) is 1.31. The fourth-order valence-corrected chi connectivity index (χ4v) is 2.62. The van der Waals surface area contributed by atoms with E-state index in [0.29, 0.717) is 5.89 Å².